The number of morpholine rings is 1. The quantitative estimate of drug-likeness (QED) is 0.842. The molecule has 0 spiro atoms. The van der Waals surface area contributed by atoms with Crippen molar-refractivity contribution in [1.29, 1.82) is 0 Å². The summed E-state index contributed by atoms with van der Waals surface area (Å²) in [6.07, 6.45) is 1.13. The lowest BCUT2D eigenvalue weighted by atomic mass is 9.99. The van der Waals surface area contributed by atoms with Gasteiger partial charge in [-0.3, -0.25) is 0 Å². The summed E-state index contributed by atoms with van der Waals surface area (Å²) in [5, 5.41) is 4.30. The van der Waals surface area contributed by atoms with Gasteiger partial charge in [0.15, 0.2) is 0 Å². The topological polar surface area (TPSA) is 24.5 Å². The van der Waals surface area contributed by atoms with E-state index in [1.165, 1.54) is 11.3 Å². The highest BCUT2D eigenvalue weighted by Crippen LogP contribution is 2.33. The van der Waals surface area contributed by atoms with Crippen LogP contribution in [0.3, 0.4) is 0 Å². The van der Waals surface area contributed by atoms with Crippen molar-refractivity contribution in [3.8, 4) is 0 Å². The van der Waals surface area contributed by atoms with E-state index in [-0.39, 0.29) is 5.54 Å². The molecule has 0 amide bonds. The second-order valence-corrected chi connectivity index (χ2v) is 6.34. The maximum Gasteiger partial charge on any atom is 0.0694 e. The monoisotopic (exact) mass is 296 g/mol. The molecule has 1 aliphatic heterocycles. The fourth-order valence-corrected chi connectivity index (χ4v) is 2.91. The molecular formula is C16H25ClN2O. The smallest absolute Gasteiger partial charge is 0.0694 e. The van der Waals surface area contributed by atoms with Crippen LogP contribution in [-0.4, -0.2) is 31.8 Å². The Bertz CT molecular complexity index is 448. The van der Waals surface area contributed by atoms with Gasteiger partial charge in [0.2, 0.25) is 0 Å². The van der Waals surface area contributed by atoms with E-state index in [1.807, 2.05) is 12.1 Å². The molecule has 1 N–H and O–H groups in total. The van der Waals surface area contributed by atoms with Gasteiger partial charge in [-0.1, -0.05) is 24.6 Å². The Hall–Kier alpha value is -0.770. The van der Waals surface area contributed by atoms with E-state index >= 15 is 0 Å². The molecule has 0 radical (unpaired) electrons. The van der Waals surface area contributed by atoms with Crippen molar-refractivity contribution in [3.05, 3.63) is 28.8 Å². The summed E-state index contributed by atoms with van der Waals surface area (Å²) in [6, 6.07) is 6.18. The third-order valence-corrected chi connectivity index (χ3v) is 4.11. The minimum Gasteiger partial charge on any atom is -0.377 e. The number of hydrogen-bond acceptors (Lipinski definition) is 3. The highest BCUT2D eigenvalue weighted by Gasteiger charge is 2.32. The third-order valence-electron chi connectivity index (χ3n) is 3.76. The molecule has 1 aliphatic rings. The third kappa shape index (κ3) is 3.46. The highest BCUT2D eigenvalue weighted by atomic mass is 35.5. The number of halogens is 1. The van der Waals surface area contributed by atoms with Crippen LogP contribution in [0, 0.1) is 0 Å². The summed E-state index contributed by atoms with van der Waals surface area (Å²) in [6.45, 7) is 10.9. The Labute approximate surface area is 127 Å². The summed E-state index contributed by atoms with van der Waals surface area (Å²) in [5.41, 5.74) is 2.43. The second kappa shape index (κ2) is 6.79. The van der Waals surface area contributed by atoms with Crippen molar-refractivity contribution < 1.29 is 4.74 Å². The minimum absolute atomic E-state index is 0.00242. The lowest BCUT2D eigenvalue weighted by molar-refractivity contribution is 0.0643. The fourth-order valence-electron chi connectivity index (χ4n) is 2.67. The first-order valence-electron chi connectivity index (χ1n) is 7.40. The Morgan fingerprint density at radius 3 is 2.90 bits per heavy atom. The van der Waals surface area contributed by atoms with E-state index in [0.717, 1.165) is 44.3 Å². The molecule has 1 saturated heterocycles. The van der Waals surface area contributed by atoms with Crippen molar-refractivity contribution >= 4 is 17.3 Å². The lowest BCUT2D eigenvalue weighted by Crippen LogP contribution is -2.53. The van der Waals surface area contributed by atoms with Gasteiger partial charge in [-0.2, -0.15) is 0 Å². The molecule has 3 nitrogen and oxygen atoms in total. The molecule has 1 aromatic rings. The van der Waals surface area contributed by atoms with Crippen LogP contribution in [0.1, 0.15) is 32.8 Å². The second-order valence-electron chi connectivity index (χ2n) is 5.93. The zero-order chi connectivity index (χ0) is 14.6. The summed E-state index contributed by atoms with van der Waals surface area (Å²) in [5.74, 6) is 0. The van der Waals surface area contributed by atoms with Crippen LogP contribution in [-0.2, 0) is 11.3 Å². The zero-order valence-corrected chi connectivity index (χ0v) is 13.5. The van der Waals surface area contributed by atoms with Gasteiger partial charge < -0.3 is 15.0 Å². The van der Waals surface area contributed by atoms with Gasteiger partial charge in [0.25, 0.3) is 0 Å². The van der Waals surface area contributed by atoms with E-state index in [4.69, 9.17) is 16.3 Å². The van der Waals surface area contributed by atoms with Crippen molar-refractivity contribution in [2.45, 2.75) is 39.3 Å². The molecule has 20 heavy (non-hydrogen) atoms. The number of nitrogens with zero attached hydrogens (tertiary/aromatic N) is 1. The van der Waals surface area contributed by atoms with Gasteiger partial charge >= 0.3 is 0 Å². The lowest BCUT2D eigenvalue weighted by Gasteiger charge is -2.44. The van der Waals surface area contributed by atoms with Crippen LogP contribution in [0.4, 0.5) is 5.69 Å². The van der Waals surface area contributed by atoms with Crippen LogP contribution >= 0.6 is 11.6 Å². The average Bonchev–Trinajstić information content (AvgIpc) is 2.40. The molecule has 0 bridgehead atoms. The maximum absolute atomic E-state index is 6.42. The molecule has 0 atom stereocenters. The van der Waals surface area contributed by atoms with Gasteiger partial charge in [-0.25, -0.2) is 0 Å². The average molecular weight is 297 g/mol. The van der Waals surface area contributed by atoms with Crippen LogP contribution in [0.25, 0.3) is 0 Å². The molecule has 1 heterocycles. The number of hydrogen-bond donors (Lipinski definition) is 1. The predicted octanol–water partition coefficient (Wildman–Crippen LogP) is 3.45. The summed E-state index contributed by atoms with van der Waals surface area (Å²) in [4.78, 5) is 2.42. The van der Waals surface area contributed by atoms with Crippen molar-refractivity contribution in [2.75, 3.05) is 31.2 Å². The van der Waals surface area contributed by atoms with Gasteiger partial charge in [0.05, 0.1) is 18.8 Å². The zero-order valence-electron chi connectivity index (χ0n) is 12.7. The molecule has 0 aromatic heterocycles. The normalized spacial score (nSPS) is 18.3. The minimum atomic E-state index is 0.00242. The van der Waals surface area contributed by atoms with Gasteiger partial charge in [0.1, 0.15) is 0 Å². The predicted molar refractivity (Wildman–Crippen MR) is 85.7 cm³/mol. The van der Waals surface area contributed by atoms with Crippen LogP contribution in [0.15, 0.2) is 18.2 Å². The molecule has 1 fully saturated rings. The molecular weight excluding hydrogens is 272 g/mol. The molecule has 4 heteroatoms. The van der Waals surface area contributed by atoms with E-state index in [0.29, 0.717) is 0 Å². The van der Waals surface area contributed by atoms with Gasteiger partial charge in [-0.05, 0) is 38.9 Å². The number of benzene rings is 1. The SMILES string of the molecule is CCCNCc1c(Cl)cccc1N1CCOCC1(C)C. The van der Waals surface area contributed by atoms with Crippen molar-refractivity contribution in [2.24, 2.45) is 0 Å². The first-order valence-corrected chi connectivity index (χ1v) is 7.77. The summed E-state index contributed by atoms with van der Waals surface area (Å²) < 4.78 is 5.61. The number of anilines is 1. The molecule has 1 aromatic carbocycles. The summed E-state index contributed by atoms with van der Waals surface area (Å²) in [7, 11) is 0. The largest absolute Gasteiger partial charge is 0.377 e. The van der Waals surface area contributed by atoms with Crippen LogP contribution in [0.2, 0.25) is 5.02 Å². The summed E-state index contributed by atoms with van der Waals surface area (Å²) >= 11 is 6.42. The van der Waals surface area contributed by atoms with Gasteiger partial charge in [0, 0.05) is 29.4 Å². The first-order chi connectivity index (χ1) is 9.56. The van der Waals surface area contributed by atoms with E-state index in [2.05, 4.69) is 37.1 Å². The molecule has 0 unspecified atom stereocenters. The van der Waals surface area contributed by atoms with Crippen LogP contribution in [0.5, 0.6) is 0 Å². The van der Waals surface area contributed by atoms with Crippen molar-refractivity contribution in [1.82, 2.24) is 5.32 Å². The maximum atomic E-state index is 6.42. The Kier molecular flexibility index (Phi) is 5.30. The van der Waals surface area contributed by atoms with Crippen LogP contribution < -0.4 is 10.2 Å². The molecule has 0 aliphatic carbocycles. The van der Waals surface area contributed by atoms with E-state index in [1.54, 1.807) is 0 Å². The van der Waals surface area contributed by atoms with Crippen molar-refractivity contribution in [3.63, 3.8) is 0 Å². The number of rotatable bonds is 5. The molecule has 2 rings (SSSR count). The first kappa shape index (κ1) is 15.6. The van der Waals surface area contributed by atoms with E-state index in [9.17, 15) is 0 Å². The fraction of sp³-hybridized carbons (Fsp3) is 0.625. The Balaban J connectivity index is 2.27. The number of nitrogens with one attached hydrogen (secondary N) is 1. The molecule has 0 saturated carbocycles. The highest BCUT2D eigenvalue weighted by molar-refractivity contribution is 6.31. The molecule has 112 valence electrons. The van der Waals surface area contributed by atoms with Gasteiger partial charge in [-0.15, -0.1) is 0 Å². The standard InChI is InChI=1S/C16H25ClN2O/c1-4-8-18-11-13-14(17)6-5-7-15(13)19-9-10-20-12-16(19,2)3/h5-7,18H,4,8-12H2,1-3H3. The van der Waals surface area contributed by atoms with E-state index < -0.39 is 0 Å². The Morgan fingerprint density at radius 1 is 1.40 bits per heavy atom. The Morgan fingerprint density at radius 2 is 2.20 bits per heavy atom. The number of ether oxygens (including phenoxy) is 1.